The van der Waals surface area contributed by atoms with Crippen molar-refractivity contribution in [3.63, 3.8) is 0 Å². The molecule has 0 saturated carbocycles. The van der Waals surface area contributed by atoms with Crippen LogP contribution in [-0.4, -0.2) is 78.1 Å². The summed E-state index contributed by atoms with van der Waals surface area (Å²) in [5.41, 5.74) is 16.9. The molecule has 0 aromatic heterocycles. The highest BCUT2D eigenvalue weighted by atomic mass is 32.2. The fourth-order valence-corrected chi connectivity index (χ4v) is 3.60. The topological polar surface area (TPSA) is 203 Å². The SMILES string of the molecule is CSCCC(NC(=O)C(N)C(C)C)C(=O)NC(CCCCN)C(=O)NC(CCCCN)C(=O)O. The molecule has 0 rings (SSSR count). The lowest BCUT2D eigenvalue weighted by Crippen LogP contribution is -2.57. The highest BCUT2D eigenvalue weighted by Crippen LogP contribution is 2.08. The second-order valence-corrected chi connectivity index (χ2v) is 9.63. The molecule has 12 heteroatoms. The molecule has 11 nitrogen and oxygen atoms in total. The predicted octanol–water partition coefficient (Wildman–Crippen LogP) is -0.480. The molecular weight excluding hydrogens is 460 g/mol. The van der Waals surface area contributed by atoms with Gasteiger partial charge in [-0.25, -0.2) is 4.79 Å². The highest BCUT2D eigenvalue weighted by Gasteiger charge is 2.30. The summed E-state index contributed by atoms with van der Waals surface area (Å²) >= 11 is 1.52. The Kier molecular flexibility index (Phi) is 17.4. The smallest absolute Gasteiger partial charge is 0.326 e. The summed E-state index contributed by atoms with van der Waals surface area (Å²) in [6, 6.07) is -3.67. The molecule has 4 unspecified atom stereocenters. The third kappa shape index (κ3) is 13.1. The van der Waals surface area contributed by atoms with Crippen molar-refractivity contribution in [1.82, 2.24) is 16.0 Å². The van der Waals surface area contributed by atoms with E-state index in [0.717, 1.165) is 0 Å². The normalized spacial score (nSPS) is 14.7. The minimum absolute atomic E-state index is 0.105. The highest BCUT2D eigenvalue weighted by molar-refractivity contribution is 7.98. The van der Waals surface area contributed by atoms with Crippen LogP contribution >= 0.6 is 11.8 Å². The lowest BCUT2D eigenvalue weighted by atomic mass is 10.0. The molecule has 10 N–H and O–H groups in total. The van der Waals surface area contributed by atoms with Gasteiger partial charge in [0.05, 0.1) is 6.04 Å². The second kappa shape index (κ2) is 18.4. The first-order valence-corrected chi connectivity index (χ1v) is 13.3. The van der Waals surface area contributed by atoms with Gasteiger partial charge in [0.15, 0.2) is 0 Å². The van der Waals surface area contributed by atoms with Crippen LogP contribution in [0.25, 0.3) is 0 Å². The Morgan fingerprint density at radius 1 is 0.765 bits per heavy atom. The van der Waals surface area contributed by atoms with Gasteiger partial charge in [-0.2, -0.15) is 11.8 Å². The van der Waals surface area contributed by atoms with Crippen LogP contribution < -0.4 is 33.2 Å². The Hall–Kier alpha value is -1.89. The summed E-state index contributed by atoms with van der Waals surface area (Å²) in [5.74, 6) is -2.18. The van der Waals surface area contributed by atoms with Crippen LogP contribution in [0.5, 0.6) is 0 Å². The van der Waals surface area contributed by atoms with Gasteiger partial charge in [0.2, 0.25) is 17.7 Å². The van der Waals surface area contributed by atoms with E-state index in [-0.39, 0.29) is 12.3 Å². The largest absolute Gasteiger partial charge is 0.480 e. The molecule has 0 aromatic carbocycles. The van der Waals surface area contributed by atoms with Gasteiger partial charge in [-0.15, -0.1) is 0 Å². The van der Waals surface area contributed by atoms with Crippen molar-refractivity contribution < 1.29 is 24.3 Å². The lowest BCUT2D eigenvalue weighted by molar-refractivity contribution is -0.142. The summed E-state index contributed by atoms with van der Waals surface area (Å²) in [5, 5.41) is 17.4. The Morgan fingerprint density at radius 3 is 1.65 bits per heavy atom. The predicted molar refractivity (Wildman–Crippen MR) is 135 cm³/mol. The minimum Gasteiger partial charge on any atom is -0.480 e. The number of amides is 3. The van der Waals surface area contributed by atoms with E-state index in [0.29, 0.717) is 57.4 Å². The molecule has 0 aliphatic heterocycles. The minimum atomic E-state index is -1.15. The van der Waals surface area contributed by atoms with Crippen molar-refractivity contribution >= 4 is 35.5 Å². The van der Waals surface area contributed by atoms with E-state index in [1.54, 1.807) is 0 Å². The van der Waals surface area contributed by atoms with Crippen LogP contribution in [0.3, 0.4) is 0 Å². The zero-order valence-corrected chi connectivity index (χ0v) is 21.5. The number of aliphatic carboxylic acids is 1. The second-order valence-electron chi connectivity index (χ2n) is 8.64. The molecular formula is C22H44N6O5S. The van der Waals surface area contributed by atoms with E-state index in [4.69, 9.17) is 17.2 Å². The van der Waals surface area contributed by atoms with Gasteiger partial charge in [-0.3, -0.25) is 14.4 Å². The number of unbranched alkanes of at least 4 members (excludes halogenated alkanes) is 2. The number of nitrogens with one attached hydrogen (secondary N) is 3. The Balaban J connectivity index is 5.43. The zero-order valence-electron chi connectivity index (χ0n) is 20.7. The summed E-state index contributed by atoms with van der Waals surface area (Å²) < 4.78 is 0. The molecule has 0 spiro atoms. The van der Waals surface area contributed by atoms with Gasteiger partial charge in [0.1, 0.15) is 18.1 Å². The summed E-state index contributed by atoms with van der Waals surface area (Å²) in [6.45, 7) is 4.48. The van der Waals surface area contributed by atoms with Crippen LogP contribution in [0.15, 0.2) is 0 Å². The van der Waals surface area contributed by atoms with E-state index < -0.39 is 47.9 Å². The van der Waals surface area contributed by atoms with Crippen LogP contribution in [-0.2, 0) is 19.2 Å². The number of rotatable bonds is 19. The van der Waals surface area contributed by atoms with Crippen molar-refractivity contribution in [3.05, 3.63) is 0 Å². The number of carbonyl (C=O) groups is 4. The molecule has 0 aliphatic rings. The van der Waals surface area contributed by atoms with E-state index in [9.17, 15) is 24.3 Å². The number of hydrogen-bond acceptors (Lipinski definition) is 8. The Bertz CT molecular complexity index is 637. The number of carboxylic acids is 1. The molecule has 0 aliphatic carbocycles. The van der Waals surface area contributed by atoms with Gasteiger partial charge in [0.25, 0.3) is 0 Å². The van der Waals surface area contributed by atoms with Crippen molar-refractivity contribution in [2.45, 2.75) is 83.0 Å². The van der Waals surface area contributed by atoms with Gasteiger partial charge >= 0.3 is 5.97 Å². The molecule has 3 amide bonds. The first-order valence-electron chi connectivity index (χ1n) is 11.9. The van der Waals surface area contributed by atoms with Gasteiger partial charge in [-0.05, 0) is 76.0 Å². The fourth-order valence-electron chi connectivity index (χ4n) is 3.13. The Labute approximate surface area is 207 Å². The number of thioether (sulfide) groups is 1. The summed E-state index contributed by atoms with van der Waals surface area (Å²) in [6.07, 6.45) is 5.19. The molecule has 0 saturated heterocycles. The number of nitrogens with two attached hydrogens (primary N) is 3. The van der Waals surface area contributed by atoms with E-state index in [1.165, 1.54) is 11.8 Å². The van der Waals surface area contributed by atoms with Crippen molar-refractivity contribution in [3.8, 4) is 0 Å². The molecule has 4 atom stereocenters. The van der Waals surface area contributed by atoms with Gasteiger partial charge in [0, 0.05) is 0 Å². The lowest BCUT2D eigenvalue weighted by Gasteiger charge is -2.26. The molecule has 0 heterocycles. The van der Waals surface area contributed by atoms with Crippen molar-refractivity contribution in [2.24, 2.45) is 23.1 Å². The average molecular weight is 505 g/mol. The standard InChI is InChI=1S/C22H44N6O5S/c1-14(2)18(25)21(31)27-16(10-13-34-3)20(30)26-15(8-4-6-11-23)19(29)28-17(22(32)33)9-5-7-12-24/h14-18H,4-13,23-25H2,1-3H3,(H,26,30)(H,27,31)(H,28,29)(H,32,33). The van der Waals surface area contributed by atoms with Crippen molar-refractivity contribution in [1.29, 1.82) is 0 Å². The first-order chi connectivity index (χ1) is 16.1. The third-order valence-electron chi connectivity index (χ3n) is 5.41. The molecule has 198 valence electrons. The number of carboxylic acid groups (broad SMARTS) is 1. The van der Waals surface area contributed by atoms with Crippen LogP contribution in [0, 0.1) is 5.92 Å². The maximum atomic E-state index is 13.0. The van der Waals surface area contributed by atoms with Crippen LogP contribution in [0.4, 0.5) is 0 Å². The molecule has 0 bridgehead atoms. The summed E-state index contributed by atoms with van der Waals surface area (Å²) in [7, 11) is 0. The molecule has 0 fully saturated rings. The maximum absolute atomic E-state index is 13.0. The van der Waals surface area contributed by atoms with Crippen molar-refractivity contribution in [2.75, 3.05) is 25.1 Å². The third-order valence-corrected chi connectivity index (χ3v) is 6.05. The van der Waals surface area contributed by atoms with E-state index in [2.05, 4.69) is 16.0 Å². The average Bonchev–Trinajstić information content (AvgIpc) is 2.79. The fraction of sp³-hybridized carbons (Fsp3) is 0.818. The van der Waals surface area contributed by atoms with Crippen LogP contribution in [0.2, 0.25) is 0 Å². The van der Waals surface area contributed by atoms with E-state index >= 15 is 0 Å². The maximum Gasteiger partial charge on any atom is 0.326 e. The molecule has 0 aromatic rings. The molecule has 34 heavy (non-hydrogen) atoms. The first kappa shape index (κ1) is 32.1. The Morgan fingerprint density at radius 2 is 1.21 bits per heavy atom. The van der Waals surface area contributed by atoms with Gasteiger partial charge < -0.3 is 38.3 Å². The monoisotopic (exact) mass is 504 g/mol. The number of hydrogen-bond donors (Lipinski definition) is 7. The van der Waals surface area contributed by atoms with Gasteiger partial charge in [-0.1, -0.05) is 13.8 Å². The number of carbonyl (C=O) groups excluding carboxylic acids is 3. The van der Waals surface area contributed by atoms with Crippen LogP contribution in [0.1, 0.15) is 58.8 Å². The van der Waals surface area contributed by atoms with E-state index in [1.807, 2.05) is 20.1 Å². The zero-order chi connectivity index (χ0) is 26.1. The summed E-state index contributed by atoms with van der Waals surface area (Å²) in [4.78, 5) is 50.0. The quantitative estimate of drug-likeness (QED) is 0.113. The molecule has 0 radical (unpaired) electrons.